The third-order valence-corrected chi connectivity index (χ3v) is 5.62. The zero-order valence-corrected chi connectivity index (χ0v) is 15.5. The van der Waals surface area contributed by atoms with Gasteiger partial charge in [-0.2, -0.15) is 0 Å². The average molecular weight is 366 g/mol. The van der Waals surface area contributed by atoms with Crippen molar-refractivity contribution in [3.8, 4) is 0 Å². The van der Waals surface area contributed by atoms with Crippen LogP contribution in [0, 0.1) is 0 Å². The predicted molar refractivity (Wildman–Crippen MR) is 100 cm³/mol. The molecule has 0 aliphatic heterocycles. The van der Waals surface area contributed by atoms with Crippen LogP contribution in [0.1, 0.15) is 19.3 Å². The minimum absolute atomic E-state index is 0.0723. The molecule has 7 heteroatoms. The highest BCUT2D eigenvalue weighted by atomic mass is 32.2. The summed E-state index contributed by atoms with van der Waals surface area (Å²) in [5, 5.41) is 19.9. The second-order valence-corrected chi connectivity index (χ2v) is 7.96. The molecule has 25 heavy (non-hydrogen) atoms. The molecule has 1 atom stereocenters. The molecule has 2 rings (SSSR count). The Morgan fingerprint density at radius 1 is 1.08 bits per heavy atom. The lowest BCUT2D eigenvalue weighted by atomic mass is 10.1. The minimum atomic E-state index is -3.64. The molecule has 0 aromatic heterocycles. The van der Waals surface area contributed by atoms with E-state index >= 15 is 0 Å². The van der Waals surface area contributed by atoms with Crippen LogP contribution in [0.25, 0.3) is 10.8 Å². The van der Waals surface area contributed by atoms with E-state index in [1.807, 2.05) is 43.3 Å². The summed E-state index contributed by atoms with van der Waals surface area (Å²) in [7, 11) is 0.206. The molecule has 2 aromatic carbocycles. The lowest BCUT2D eigenvalue weighted by molar-refractivity contribution is 0.123. The minimum Gasteiger partial charge on any atom is -0.396 e. The van der Waals surface area contributed by atoms with E-state index in [2.05, 4.69) is 4.72 Å². The largest absolute Gasteiger partial charge is 0.396 e. The van der Waals surface area contributed by atoms with E-state index in [0.29, 0.717) is 24.6 Å². The Labute approximate surface area is 149 Å². The van der Waals surface area contributed by atoms with Gasteiger partial charge in [0.25, 0.3) is 0 Å². The highest BCUT2D eigenvalue weighted by molar-refractivity contribution is 7.89. The highest BCUT2D eigenvalue weighted by Crippen LogP contribution is 2.30. The van der Waals surface area contributed by atoms with Crippen molar-refractivity contribution >= 4 is 26.5 Å². The van der Waals surface area contributed by atoms with Crippen molar-refractivity contribution in [2.75, 3.05) is 32.1 Å². The Bertz CT molecular complexity index is 806. The first-order chi connectivity index (χ1) is 11.9. The van der Waals surface area contributed by atoms with E-state index in [4.69, 9.17) is 5.11 Å². The first-order valence-corrected chi connectivity index (χ1v) is 9.83. The van der Waals surface area contributed by atoms with Gasteiger partial charge in [-0.1, -0.05) is 24.3 Å². The molecule has 0 amide bonds. The number of nitrogens with one attached hydrogen (secondary N) is 1. The third-order valence-electron chi connectivity index (χ3n) is 4.10. The summed E-state index contributed by atoms with van der Waals surface area (Å²) in [5.74, 6) is 0. The molecule has 3 N–H and O–H groups in total. The van der Waals surface area contributed by atoms with E-state index in [-0.39, 0.29) is 18.0 Å². The van der Waals surface area contributed by atoms with Crippen molar-refractivity contribution in [2.45, 2.75) is 30.3 Å². The molecule has 0 fully saturated rings. The number of aliphatic hydroxyl groups is 2. The summed E-state index contributed by atoms with van der Waals surface area (Å²) in [5.41, 5.74) is 0.960. The summed E-state index contributed by atoms with van der Waals surface area (Å²) in [6, 6.07) is 10.9. The van der Waals surface area contributed by atoms with Gasteiger partial charge in [0.05, 0.1) is 11.0 Å². The van der Waals surface area contributed by atoms with E-state index in [9.17, 15) is 13.5 Å². The predicted octanol–water partition coefficient (Wildman–Crippen LogP) is 1.71. The summed E-state index contributed by atoms with van der Waals surface area (Å²) >= 11 is 0. The summed E-state index contributed by atoms with van der Waals surface area (Å²) in [4.78, 5) is 2.21. The van der Waals surface area contributed by atoms with Crippen molar-refractivity contribution in [3.63, 3.8) is 0 Å². The Kier molecular flexibility index (Phi) is 6.78. The highest BCUT2D eigenvalue weighted by Gasteiger charge is 2.18. The number of anilines is 1. The van der Waals surface area contributed by atoms with Crippen LogP contribution < -0.4 is 9.62 Å². The van der Waals surface area contributed by atoms with Crippen molar-refractivity contribution in [2.24, 2.45) is 0 Å². The fraction of sp³-hybridized carbons (Fsp3) is 0.444. The first kappa shape index (κ1) is 19.7. The lowest BCUT2D eigenvalue weighted by Crippen LogP contribution is -2.26. The van der Waals surface area contributed by atoms with E-state index < -0.39 is 16.1 Å². The monoisotopic (exact) mass is 366 g/mol. The van der Waals surface area contributed by atoms with Gasteiger partial charge in [0.2, 0.25) is 10.0 Å². The van der Waals surface area contributed by atoms with E-state index in [0.717, 1.165) is 11.1 Å². The third kappa shape index (κ3) is 4.92. The van der Waals surface area contributed by atoms with Crippen LogP contribution in [0.2, 0.25) is 0 Å². The fourth-order valence-electron chi connectivity index (χ4n) is 2.80. The molecule has 0 radical (unpaired) electrons. The van der Waals surface area contributed by atoms with Gasteiger partial charge in [0.1, 0.15) is 0 Å². The maximum Gasteiger partial charge on any atom is 0.241 e. The maximum absolute atomic E-state index is 12.7. The average Bonchev–Trinajstić information content (AvgIpc) is 2.57. The van der Waals surface area contributed by atoms with Crippen LogP contribution in [0.5, 0.6) is 0 Å². The zero-order chi connectivity index (χ0) is 18.4. The standard InChI is InChI=1S/C18H26N2O4S/c1-20(2)17-9-3-8-16-15(17)7-4-10-18(16)25(23,24)19-12-5-6-14(22)11-13-21/h3-4,7-10,14,19,21-22H,5-6,11-13H2,1-2H3. The normalized spacial score (nSPS) is 13.1. The van der Waals surface area contributed by atoms with Gasteiger partial charge in [-0.05, 0) is 31.4 Å². The van der Waals surface area contributed by atoms with Crippen molar-refractivity contribution in [1.82, 2.24) is 4.72 Å². The van der Waals surface area contributed by atoms with Crippen LogP contribution in [0.15, 0.2) is 41.3 Å². The zero-order valence-electron chi connectivity index (χ0n) is 14.6. The summed E-state index contributed by atoms with van der Waals surface area (Å²) < 4.78 is 27.9. The number of hydrogen-bond acceptors (Lipinski definition) is 5. The molecule has 0 spiro atoms. The Balaban J connectivity index is 2.18. The molecule has 1 unspecified atom stereocenters. The number of hydrogen-bond donors (Lipinski definition) is 3. The Morgan fingerprint density at radius 3 is 2.44 bits per heavy atom. The smallest absolute Gasteiger partial charge is 0.241 e. The van der Waals surface area contributed by atoms with Crippen LogP contribution >= 0.6 is 0 Å². The number of aliphatic hydroxyl groups excluding tert-OH is 2. The van der Waals surface area contributed by atoms with Crippen molar-refractivity contribution < 1.29 is 18.6 Å². The van der Waals surface area contributed by atoms with Gasteiger partial charge in [0.15, 0.2) is 0 Å². The van der Waals surface area contributed by atoms with Gasteiger partial charge >= 0.3 is 0 Å². The van der Waals surface area contributed by atoms with Gasteiger partial charge in [-0.25, -0.2) is 13.1 Å². The molecule has 0 aliphatic rings. The topological polar surface area (TPSA) is 89.9 Å². The fourth-order valence-corrected chi connectivity index (χ4v) is 4.10. The van der Waals surface area contributed by atoms with Gasteiger partial charge in [-0.3, -0.25) is 0 Å². The lowest BCUT2D eigenvalue weighted by Gasteiger charge is -2.17. The molecule has 0 saturated carbocycles. The SMILES string of the molecule is CN(C)c1cccc2c(S(=O)(=O)NCCCC(O)CCO)cccc12. The summed E-state index contributed by atoms with van der Waals surface area (Å²) in [6.45, 7) is 0.172. The Morgan fingerprint density at radius 2 is 1.76 bits per heavy atom. The molecular weight excluding hydrogens is 340 g/mol. The van der Waals surface area contributed by atoms with Crippen molar-refractivity contribution in [3.05, 3.63) is 36.4 Å². The van der Waals surface area contributed by atoms with Crippen LogP contribution in [-0.4, -0.2) is 52.0 Å². The number of sulfonamides is 1. The molecular formula is C18H26N2O4S. The molecule has 6 nitrogen and oxygen atoms in total. The second kappa shape index (κ2) is 8.62. The molecule has 0 bridgehead atoms. The molecule has 2 aromatic rings. The second-order valence-electron chi connectivity index (χ2n) is 6.23. The van der Waals surface area contributed by atoms with Crippen LogP contribution in [0.3, 0.4) is 0 Å². The van der Waals surface area contributed by atoms with Gasteiger partial charge < -0.3 is 15.1 Å². The van der Waals surface area contributed by atoms with Crippen molar-refractivity contribution in [1.29, 1.82) is 0 Å². The van der Waals surface area contributed by atoms with E-state index in [1.54, 1.807) is 12.1 Å². The van der Waals surface area contributed by atoms with Gasteiger partial charge in [-0.15, -0.1) is 0 Å². The first-order valence-electron chi connectivity index (χ1n) is 8.34. The number of rotatable bonds is 9. The van der Waals surface area contributed by atoms with Crippen LogP contribution in [-0.2, 0) is 10.0 Å². The maximum atomic E-state index is 12.7. The molecule has 0 heterocycles. The number of benzene rings is 2. The molecule has 0 aliphatic carbocycles. The quantitative estimate of drug-likeness (QED) is 0.588. The number of fused-ring (bicyclic) bond motifs is 1. The summed E-state index contributed by atoms with van der Waals surface area (Å²) in [6.07, 6.45) is 0.663. The Hall–Kier alpha value is -1.67. The number of nitrogens with zero attached hydrogens (tertiary/aromatic N) is 1. The van der Waals surface area contributed by atoms with Crippen LogP contribution in [0.4, 0.5) is 5.69 Å². The molecule has 138 valence electrons. The van der Waals surface area contributed by atoms with E-state index in [1.165, 1.54) is 0 Å². The van der Waals surface area contributed by atoms with Gasteiger partial charge in [0, 0.05) is 43.7 Å². The molecule has 0 saturated heterocycles.